The summed E-state index contributed by atoms with van der Waals surface area (Å²) in [6, 6.07) is 0. The molecule has 1 aromatic heterocycles. The maximum atomic E-state index is 9.27. The highest BCUT2D eigenvalue weighted by atomic mass is 16.3. The van der Waals surface area contributed by atoms with Gasteiger partial charge in [0.15, 0.2) is 5.88 Å². The molecule has 2 heterocycles. The molecule has 0 bridgehead atoms. The highest BCUT2D eigenvalue weighted by Crippen LogP contribution is 2.06. The Balaban J connectivity index is 2.97. The van der Waals surface area contributed by atoms with E-state index in [1.165, 1.54) is 5.57 Å². The molecule has 0 unspecified atom stereocenters. The van der Waals surface area contributed by atoms with Crippen molar-refractivity contribution in [3.05, 3.63) is 16.3 Å². The lowest BCUT2D eigenvalue weighted by Crippen LogP contribution is -2.21. The second-order valence-electron chi connectivity index (χ2n) is 2.92. The van der Waals surface area contributed by atoms with Gasteiger partial charge in [0.05, 0.1) is 17.3 Å². The molecule has 0 atom stereocenters. The number of fused-ring (bicyclic) bond motifs is 1. The maximum absolute atomic E-state index is 9.27. The van der Waals surface area contributed by atoms with Crippen LogP contribution in [0.2, 0.25) is 0 Å². The molecule has 58 valence electrons. The molecule has 1 aliphatic rings. The average Bonchev–Trinajstić information content (AvgIpc) is 2.43. The summed E-state index contributed by atoms with van der Waals surface area (Å²) in [5.74, 6) is 0.248. The highest BCUT2D eigenvalue weighted by molar-refractivity contribution is 5.47. The number of nitrogens with one attached hydrogen (secondary N) is 1. The molecule has 0 aliphatic carbocycles. The van der Waals surface area contributed by atoms with E-state index in [4.69, 9.17) is 0 Å². The third-order valence-corrected chi connectivity index (χ3v) is 2.09. The Morgan fingerprint density at radius 2 is 2.18 bits per heavy atom. The summed E-state index contributed by atoms with van der Waals surface area (Å²) < 4.78 is 0. The summed E-state index contributed by atoms with van der Waals surface area (Å²) in [5, 5.41) is 11.2. The van der Waals surface area contributed by atoms with Gasteiger partial charge in [-0.05, 0) is 19.4 Å². The van der Waals surface area contributed by atoms with Crippen molar-refractivity contribution >= 4 is 5.57 Å². The van der Waals surface area contributed by atoms with E-state index in [9.17, 15) is 5.11 Å². The first kappa shape index (κ1) is 6.46. The van der Waals surface area contributed by atoms with Crippen molar-refractivity contribution in [2.75, 3.05) is 6.54 Å². The molecule has 0 spiro atoms. The Labute approximate surface area is 64.1 Å². The molecule has 0 fully saturated rings. The summed E-state index contributed by atoms with van der Waals surface area (Å²) in [4.78, 5) is 7.17. The van der Waals surface area contributed by atoms with Gasteiger partial charge in [0, 0.05) is 5.56 Å². The maximum Gasteiger partial charge on any atom is 0.193 e. The first-order chi connectivity index (χ1) is 5.20. The van der Waals surface area contributed by atoms with Crippen LogP contribution in [0.5, 0.6) is 5.88 Å². The molecule has 0 radical (unpaired) electrons. The van der Waals surface area contributed by atoms with Crippen LogP contribution in [-0.2, 0) is 0 Å². The molecule has 2 rings (SSSR count). The zero-order valence-electron chi connectivity index (χ0n) is 6.60. The summed E-state index contributed by atoms with van der Waals surface area (Å²) in [5.41, 5.74) is 2.06. The van der Waals surface area contributed by atoms with Crippen molar-refractivity contribution in [2.24, 2.45) is 4.99 Å². The molecule has 3 heteroatoms. The fraction of sp³-hybridized carbons (Fsp3) is 0.375. The molecule has 0 saturated carbocycles. The fourth-order valence-electron chi connectivity index (χ4n) is 1.35. The smallest absolute Gasteiger partial charge is 0.193 e. The standard InChI is InChI=1S/C8H10N2O/c1-4-3-9-7-5(2)8(11)10-6(4)7/h10-11H,3H2,1-2H3. The molecule has 0 aromatic carbocycles. The molecule has 2 N–H and O–H groups in total. The van der Waals surface area contributed by atoms with Gasteiger partial charge in [-0.15, -0.1) is 0 Å². The largest absolute Gasteiger partial charge is 0.494 e. The molecular formula is C8H10N2O. The van der Waals surface area contributed by atoms with Gasteiger partial charge in [0.2, 0.25) is 0 Å². The monoisotopic (exact) mass is 150 g/mol. The van der Waals surface area contributed by atoms with Crippen LogP contribution < -0.4 is 10.7 Å². The van der Waals surface area contributed by atoms with Crippen LogP contribution in [0, 0.1) is 6.92 Å². The first-order valence-corrected chi connectivity index (χ1v) is 3.62. The van der Waals surface area contributed by atoms with Gasteiger partial charge in [0.1, 0.15) is 0 Å². The van der Waals surface area contributed by atoms with Crippen LogP contribution in [0.3, 0.4) is 0 Å². The first-order valence-electron chi connectivity index (χ1n) is 3.62. The van der Waals surface area contributed by atoms with Crippen LogP contribution >= 0.6 is 0 Å². The van der Waals surface area contributed by atoms with E-state index in [1.54, 1.807) is 0 Å². The van der Waals surface area contributed by atoms with Crippen LogP contribution in [0.15, 0.2) is 4.99 Å². The van der Waals surface area contributed by atoms with Gasteiger partial charge in [0.25, 0.3) is 0 Å². The molecule has 1 aliphatic heterocycles. The van der Waals surface area contributed by atoms with Crippen molar-refractivity contribution in [2.45, 2.75) is 13.8 Å². The lowest BCUT2D eigenvalue weighted by molar-refractivity contribution is 0.452. The molecular weight excluding hydrogens is 140 g/mol. The SMILES string of the molecule is CC1=c2[nH]c(O)c(C)c2=NC1. The number of aromatic amines is 1. The van der Waals surface area contributed by atoms with Crippen molar-refractivity contribution < 1.29 is 5.11 Å². The summed E-state index contributed by atoms with van der Waals surface area (Å²) >= 11 is 0. The number of rotatable bonds is 0. The highest BCUT2D eigenvalue weighted by Gasteiger charge is 2.09. The Morgan fingerprint density at radius 3 is 2.82 bits per heavy atom. The van der Waals surface area contributed by atoms with E-state index in [1.807, 2.05) is 13.8 Å². The Morgan fingerprint density at radius 1 is 1.45 bits per heavy atom. The van der Waals surface area contributed by atoms with E-state index in [-0.39, 0.29) is 5.88 Å². The zero-order chi connectivity index (χ0) is 8.01. The van der Waals surface area contributed by atoms with Crippen LogP contribution in [0.1, 0.15) is 12.5 Å². The molecule has 3 nitrogen and oxygen atoms in total. The van der Waals surface area contributed by atoms with Crippen molar-refractivity contribution in [3.63, 3.8) is 0 Å². The summed E-state index contributed by atoms with van der Waals surface area (Å²) in [7, 11) is 0. The third-order valence-electron chi connectivity index (χ3n) is 2.09. The summed E-state index contributed by atoms with van der Waals surface area (Å²) in [6.45, 7) is 4.65. The number of aromatic nitrogens is 1. The quantitative estimate of drug-likeness (QED) is 0.530. The molecule has 11 heavy (non-hydrogen) atoms. The third kappa shape index (κ3) is 0.707. The fourth-order valence-corrected chi connectivity index (χ4v) is 1.35. The minimum Gasteiger partial charge on any atom is -0.494 e. The molecule has 0 saturated heterocycles. The van der Waals surface area contributed by atoms with Crippen LogP contribution in [0.4, 0.5) is 0 Å². The van der Waals surface area contributed by atoms with Crippen LogP contribution in [-0.4, -0.2) is 16.6 Å². The van der Waals surface area contributed by atoms with E-state index < -0.39 is 0 Å². The molecule has 0 amide bonds. The van der Waals surface area contributed by atoms with Gasteiger partial charge in [-0.25, -0.2) is 0 Å². The number of hydrogen-bond acceptors (Lipinski definition) is 2. The summed E-state index contributed by atoms with van der Waals surface area (Å²) in [6.07, 6.45) is 0. The predicted molar refractivity (Wildman–Crippen MR) is 41.9 cm³/mol. The van der Waals surface area contributed by atoms with E-state index in [0.29, 0.717) is 0 Å². The lowest BCUT2D eigenvalue weighted by Gasteiger charge is -1.87. The zero-order valence-corrected chi connectivity index (χ0v) is 6.60. The second kappa shape index (κ2) is 1.87. The van der Waals surface area contributed by atoms with Gasteiger partial charge >= 0.3 is 0 Å². The topological polar surface area (TPSA) is 48.4 Å². The minimum absolute atomic E-state index is 0.248. The Bertz CT molecular complexity index is 414. The van der Waals surface area contributed by atoms with Crippen LogP contribution in [0.25, 0.3) is 5.57 Å². The average molecular weight is 150 g/mol. The predicted octanol–water partition coefficient (Wildman–Crippen LogP) is -0.167. The minimum atomic E-state index is 0.248. The lowest BCUT2D eigenvalue weighted by atomic mass is 10.3. The second-order valence-corrected chi connectivity index (χ2v) is 2.92. The number of aromatic hydroxyl groups is 1. The Hall–Kier alpha value is -1.25. The normalized spacial score (nSPS) is 14.9. The Kier molecular flexibility index (Phi) is 1.10. The van der Waals surface area contributed by atoms with Gasteiger partial charge < -0.3 is 10.1 Å². The van der Waals surface area contributed by atoms with E-state index >= 15 is 0 Å². The van der Waals surface area contributed by atoms with Crippen molar-refractivity contribution in [3.8, 4) is 5.88 Å². The van der Waals surface area contributed by atoms with E-state index in [2.05, 4.69) is 9.98 Å². The van der Waals surface area contributed by atoms with Crippen molar-refractivity contribution in [1.29, 1.82) is 0 Å². The van der Waals surface area contributed by atoms with Gasteiger partial charge in [-0.3, -0.25) is 4.99 Å². The number of H-pyrrole nitrogens is 1. The van der Waals surface area contributed by atoms with Gasteiger partial charge in [-0.2, -0.15) is 0 Å². The van der Waals surface area contributed by atoms with Gasteiger partial charge in [-0.1, -0.05) is 0 Å². The van der Waals surface area contributed by atoms with Crippen molar-refractivity contribution in [1.82, 2.24) is 4.98 Å². The number of nitrogens with zero attached hydrogens (tertiary/aromatic N) is 1. The van der Waals surface area contributed by atoms with E-state index in [0.717, 1.165) is 22.8 Å². The number of hydrogen-bond donors (Lipinski definition) is 2. The molecule has 1 aromatic rings.